The molecule has 0 aromatic carbocycles. The molecule has 0 saturated carbocycles. The highest BCUT2D eigenvalue weighted by Gasteiger charge is 2.69. The second-order valence-corrected chi connectivity index (χ2v) is 6.57. The summed E-state index contributed by atoms with van der Waals surface area (Å²) in [6, 6.07) is 0. The van der Waals surface area contributed by atoms with E-state index in [0.29, 0.717) is 12.8 Å². The Hall–Kier alpha value is -0.330. The molecule has 1 unspecified atom stereocenters. The molecule has 0 saturated heterocycles. The third-order valence-electron chi connectivity index (χ3n) is 2.32. The van der Waals surface area contributed by atoms with Crippen LogP contribution in [0.3, 0.4) is 0 Å². The summed E-state index contributed by atoms with van der Waals surface area (Å²) in [7, 11) is -9.62. The van der Waals surface area contributed by atoms with Gasteiger partial charge >= 0.3 is 0 Å². The Morgan fingerprint density at radius 3 is 1.88 bits per heavy atom. The molecular formula is C9H17F5OS. The van der Waals surface area contributed by atoms with Crippen molar-refractivity contribution in [2.24, 2.45) is 0 Å². The number of aldehydes is 1. The maximum Gasteiger partial charge on any atom is 0.294 e. The van der Waals surface area contributed by atoms with Gasteiger partial charge in [-0.2, -0.15) is 0 Å². The van der Waals surface area contributed by atoms with Gasteiger partial charge in [-0.25, -0.2) is 0 Å². The fraction of sp³-hybridized carbons (Fsp3) is 0.889. The van der Waals surface area contributed by atoms with Gasteiger partial charge in [-0.3, -0.25) is 0 Å². The van der Waals surface area contributed by atoms with Gasteiger partial charge in [0.1, 0.15) is 6.29 Å². The first-order valence-corrected chi connectivity index (χ1v) is 7.21. The molecule has 0 rings (SSSR count). The van der Waals surface area contributed by atoms with E-state index in [1.165, 1.54) is 0 Å². The van der Waals surface area contributed by atoms with Crippen LogP contribution in [0.2, 0.25) is 0 Å². The molecule has 0 N–H and O–H groups in total. The molecule has 7 heteroatoms. The Morgan fingerprint density at radius 1 is 1.00 bits per heavy atom. The van der Waals surface area contributed by atoms with Crippen molar-refractivity contribution in [2.75, 3.05) is 0 Å². The van der Waals surface area contributed by atoms with Crippen LogP contribution in [0.4, 0.5) is 19.4 Å². The molecule has 0 spiro atoms. The lowest BCUT2D eigenvalue weighted by Gasteiger charge is -2.44. The van der Waals surface area contributed by atoms with Crippen molar-refractivity contribution >= 4 is 16.5 Å². The molecule has 16 heavy (non-hydrogen) atoms. The fourth-order valence-corrected chi connectivity index (χ4v) is 2.17. The molecule has 0 aromatic rings. The number of halogens is 5. The highest BCUT2D eigenvalue weighted by molar-refractivity contribution is 8.46. The predicted molar refractivity (Wildman–Crippen MR) is 56.4 cm³/mol. The number of carbonyl (C=O) groups is 1. The summed E-state index contributed by atoms with van der Waals surface area (Å²) in [5, 5.41) is -3.08. The zero-order chi connectivity index (χ0) is 12.9. The third-order valence-corrected chi connectivity index (χ3v) is 3.81. The zero-order valence-corrected chi connectivity index (χ0v) is 9.92. The molecule has 0 amide bonds. The van der Waals surface area contributed by atoms with Crippen LogP contribution >= 0.6 is 10.2 Å². The Balaban J connectivity index is 4.20. The molecule has 100 valence electrons. The standard InChI is InChI=1S/C9H17F5OS/c1-2-3-4-5-6-7-9(8-15)16(10,11,12,13)14/h8-9H,2-7H2,1H3. The minimum Gasteiger partial charge on any atom is -0.302 e. The summed E-state index contributed by atoms with van der Waals surface area (Å²) >= 11 is 0. The predicted octanol–water partition coefficient (Wildman–Crippen LogP) is 5.21. The van der Waals surface area contributed by atoms with Crippen LogP contribution in [0.5, 0.6) is 0 Å². The van der Waals surface area contributed by atoms with Crippen LogP contribution in [-0.4, -0.2) is 11.5 Å². The maximum absolute atomic E-state index is 12.2. The lowest BCUT2D eigenvalue weighted by atomic mass is 10.1. The van der Waals surface area contributed by atoms with Gasteiger partial charge < -0.3 is 4.79 Å². The van der Waals surface area contributed by atoms with Crippen molar-refractivity contribution in [3.05, 3.63) is 0 Å². The summed E-state index contributed by atoms with van der Waals surface area (Å²) in [5.74, 6) is 0. The van der Waals surface area contributed by atoms with E-state index in [-0.39, 0.29) is 6.42 Å². The van der Waals surface area contributed by atoms with Crippen LogP contribution in [-0.2, 0) is 4.79 Å². The van der Waals surface area contributed by atoms with E-state index in [2.05, 4.69) is 0 Å². The average molecular weight is 268 g/mol. The van der Waals surface area contributed by atoms with Gasteiger partial charge in [-0.1, -0.05) is 58.5 Å². The van der Waals surface area contributed by atoms with Crippen LogP contribution in [0, 0.1) is 0 Å². The first-order chi connectivity index (χ1) is 7.01. The molecular weight excluding hydrogens is 251 g/mol. The highest BCUT2D eigenvalue weighted by Crippen LogP contribution is 3.00. The largest absolute Gasteiger partial charge is 0.302 e. The van der Waals surface area contributed by atoms with Crippen LogP contribution in [0.15, 0.2) is 0 Å². The minimum atomic E-state index is -9.62. The number of unbranched alkanes of at least 4 members (excludes halogenated alkanes) is 4. The Morgan fingerprint density at radius 2 is 1.50 bits per heavy atom. The van der Waals surface area contributed by atoms with Gasteiger partial charge in [0.25, 0.3) is 10.2 Å². The molecule has 0 aromatic heterocycles. The molecule has 0 aliphatic carbocycles. The van der Waals surface area contributed by atoms with Crippen molar-refractivity contribution in [2.45, 2.75) is 50.7 Å². The molecule has 1 atom stereocenters. The molecule has 0 aliphatic rings. The van der Waals surface area contributed by atoms with E-state index in [1.807, 2.05) is 6.92 Å². The van der Waals surface area contributed by atoms with E-state index in [1.54, 1.807) is 0 Å². The number of hydrogen-bond acceptors (Lipinski definition) is 1. The van der Waals surface area contributed by atoms with Crippen molar-refractivity contribution in [3.8, 4) is 0 Å². The maximum atomic E-state index is 12.2. The second kappa shape index (κ2) is 4.50. The fourth-order valence-electron chi connectivity index (χ4n) is 1.34. The molecule has 0 aliphatic heterocycles. The van der Waals surface area contributed by atoms with Crippen molar-refractivity contribution in [1.82, 2.24) is 0 Å². The molecule has 0 bridgehead atoms. The summed E-state index contributed by atoms with van der Waals surface area (Å²) < 4.78 is 61.1. The van der Waals surface area contributed by atoms with Crippen molar-refractivity contribution in [1.29, 1.82) is 0 Å². The molecule has 0 heterocycles. The lowest BCUT2D eigenvalue weighted by Crippen LogP contribution is -2.26. The van der Waals surface area contributed by atoms with Gasteiger partial charge in [0.2, 0.25) is 0 Å². The summed E-state index contributed by atoms with van der Waals surface area (Å²) in [6.45, 7) is 1.93. The zero-order valence-electron chi connectivity index (χ0n) is 9.10. The van der Waals surface area contributed by atoms with Gasteiger partial charge in [-0.15, -0.1) is 0 Å². The lowest BCUT2D eigenvalue weighted by molar-refractivity contribution is -0.108. The first-order valence-electron chi connectivity index (χ1n) is 5.19. The van der Waals surface area contributed by atoms with Gasteiger partial charge in [0.15, 0.2) is 5.25 Å². The van der Waals surface area contributed by atoms with Gasteiger partial charge in [0, 0.05) is 0 Å². The Kier molecular flexibility index (Phi) is 4.41. The molecule has 1 nitrogen and oxygen atoms in total. The van der Waals surface area contributed by atoms with Crippen molar-refractivity contribution in [3.63, 3.8) is 0 Å². The number of carbonyl (C=O) groups excluding carboxylic acids is 1. The Labute approximate surface area is 92.1 Å². The van der Waals surface area contributed by atoms with Gasteiger partial charge in [-0.05, 0) is 6.42 Å². The van der Waals surface area contributed by atoms with E-state index < -0.39 is 28.2 Å². The van der Waals surface area contributed by atoms with Crippen molar-refractivity contribution < 1.29 is 24.2 Å². The summed E-state index contributed by atoms with van der Waals surface area (Å²) in [5.41, 5.74) is 0. The SMILES string of the molecule is CCCCCCCC(C=O)S(F)(F)(F)(F)F. The van der Waals surface area contributed by atoms with E-state index in [4.69, 9.17) is 0 Å². The van der Waals surface area contributed by atoms with Gasteiger partial charge in [0.05, 0.1) is 0 Å². The van der Waals surface area contributed by atoms with Crippen LogP contribution in [0.25, 0.3) is 0 Å². The van der Waals surface area contributed by atoms with E-state index >= 15 is 0 Å². The van der Waals surface area contributed by atoms with E-state index in [9.17, 15) is 24.2 Å². The quantitative estimate of drug-likeness (QED) is 0.335. The smallest absolute Gasteiger partial charge is 0.294 e. The van der Waals surface area contributed by atoms with Crippen LogP contribution < -0.4 is 0 Å². The summed E-state index contributed by atoms with van der Waals surface area (Å²) in [6.07, 6.45) is 1.48. The van der Waals surface area contributed by atoms with Crippen LogP contribution in [0.1, 0.15) is 45.4 Å². The number of hydrogen-bond donors (Lipinski definition) is 0. The molecule has 0 radical (unpaired) electrons. The minimum absolute atomic E-state index is 0.00894. The number of rotatable bonds is 8. The second-order valence-electron chi connectivity index (χ2n) is 3.91. The average Bonchev–Trinajstić information content (AvgIpc) is 2.06. The topological polar surface area (TPSA) is 17.1 Å². The normalized spacial score (nSPS) is 18.6. The third kappa shape index (κ3) is 6.30. The molecule has 0 fully saturated rings. The summed E-state index contributed by atoms with van der Waals surface area (Å²) in [4.78, 5) is 10.1. The van der Waals surface area contributed by atoms with E-state index in [0.717, 1.165) is 12.8 Å². The first kappa shape index (κ1) is 15.7. The monoisotopic (exact) mass is 268 g/mol. The highest BCUT2D eigenvalue weighted by atomic mass is 32.5. The Bertz CT molecular complexity index is 234.